The van der Waals surface area contributed by atoms with Gasteiger partial charge in [0.15, 0.2) is 0 Å². The van der Waals surface area contributed by atoms with Crippen LogP contribution in [0, 0.1) is 19.3 Å². The van der Waals surface area contributed by atoms with Crippen LogP contribution in [0.3, 0.4) is 0 Å². The van der Waals surface area contributed by atoms with Crippen molar-refractivity contribution in [3.05, 3.63) is 17.5 Å². The van der Waals surface area contributed by atoms with E-state index in [1.807, 2.05) is 19.9 Å². The Morgan fingerprint density at radius 2 is 1.76 bits per heavy atom. The summed E-state index contributed by atoms with van der Waals surface area (Å²) in [5, 5.41) is 3.40. The van der Waals surface area contributed by atoms with Crippen molar-refractivity contribution in [2.24, 2.45) is 11.1 Å². The summed E-state index contributed by atoms with van der Waals surface area (Å²) in [6, 6.07) is 2.26. The molecule has 1 unspecified atom stereocenters. The number of aryl methyl sites for hydroxylation is 2. The molecule has 0 aliphatic rings. The van der Waals surface area contributed by atoms with Crippen molar-refractivity contribution in [1.29, 1.82) is 0 Å². The van der Waals surface area contributed by atoms with Crippen LogP contribution in [0.15, 0.2) is 6.07 Å². The van der Waals surface area contributed by atoms with Gasteiger partial charge in [-0.15, -0.1) is 0 Å². The average Bonchev–Trinajstić information content (AvgIpc) is 2.13. The molecule has 1 rings (SSSR count). The van der Waals surface area contributed by atoms with Crippen LogP contribution in [-0.2, 0) is 0 Å². The van der Waals surface area contributed by atoms with E-state index in [-0.39, 0.29) is 11.5 Å². The molecule has 0 amide bonds. The van der Waals surface area contributed by atoms with Crippen LogP contribution in [-0.4, -0.2) is 22.6 Å². The number of aromatic nitrogens is 2. The molecule has 4 nitrogen and oxygen atoms in total. The Morgan fingerprint density at radius 3 is 2.18 bits per heavy atom. The van der Waals surface area contributed by atoms with Gasteiger partial charge >= 0.3 is 0 Å². The number of nitrogens with two attached hydrogens (primary N) is 1. The van der Waals surface area contributed by atoms with Gasteiger partial charge < -0.3 is 11.1 Å². The van der Waals surface area contributed by atoms with Crippen LogP contribution in [0.4, 0.5) is 5.95 Å². The first-order valence-corrected chi connectivity index (χ1v) is 6.12. The van der Waals surface area contributed by atoms with E-state index in [0.29, 0.717) is 12.5 Å². The monoisotopic (exact) mass is 236 g/mol. The highest BCUT2D eigenvalue weighted by Crippen LogP contribution is 2.24. The van der Waals surface area contributed by atoms with E-state index in [9.17, 15) is 0 Å². The summed E-state index contributed by atoms with van der Waals surface area (Å²) in [6.07, 6.45) is 0.917. The summed E-state index contributed by atoms with van der Waals surface area (Å²) in [5.41, 5.74) is 7.77. The van der Waals surface area contributed by atoms with Crippen molar-refractivity contribution in [2.75, 3.05) is 11.9 Å². The summed E-state index contributed by atoms with van der Waals surface area (Å²) in [5.74, 6) is 0.705. The number of nitrogens with one attached hydrogen (secondary N) is 1. The van der Waals surface area contributed by atoms with Crippen molar-refractivity contribution >= 4 is 5.95 Å². The fourth-order valence-electron chi connectivity index (χ4n) is 1.83. The molecule has 0 aliphatic carbocycles. The van der Waals surface area contributed by atoms with Gasteiger partial charge in [-0.25, -0.2) is 9.97 Å². The molecule has 1 aromatic heterocycles. The molecule has 0 saturated heterocycles. The van der Waals surface area contributed by atoms with E-state index in [1.54, 1.807) is 0 Å². The SMILES string of the molecule is Cc1cc(C)nc(NC(CCN)C(C)(C)C)n1. The van der Waals surface area contributed by atoms with Gasteiger partial charge in [-0.1, -0.05) is 20.8 Å². The molecule has 3 N–H and O–H groups in total. The molecular weight excluding hydrogens is 212 g/mol. The van der Waals surface area contributed by atoms with Gasteiger partial charge in [0.2, 0.25) is 5.95 Å². The van der Waals surface area contributed by atoms with Crippen LogP contribution in [0.2, 0.25) is 0 Å². The standard InChI is InChI=1S/C13H24N4/c1-9-8-10(2)16-12(15-9)17-11(6-7-14)13(3,4)5/h8,11H,6-7,14H2,1-5H3,(H,15,16,17). The lowest BCUT2D eigenvalue weighted by atomic mass is 9.85. The Balaban J connectivity index is 2.86. The van der Waals surface area contributed by atoms with Crippen molar-refractivity contribution in [3.63, 3.8) is 0 Å². The normalized spacial score (nSPS) is 13.5. The van der Waals surface area contributed by atoms with E-state index >= 15 is 0 Å². The van der Waals surface area contributed by atoms with Crippen molar-refractivity contribution in [3.8, 4) is 0 Å². The quantitative estimate of drug-likeness (QED) is 0.841. The number of anilines is 1. The van der Waals surface area contributed by atoms with Gasteiger partial charge in [0.05, 0.1) is 0 Å². The van der Waals surface area contributed by atoms with E-state index in [4.69, 9.17) is 5.73 Å². The zero-order valence-corrected chi connectivity index (χ0v) is 11.5. The molecular formula is C13H24N4. The third kappa shape index (κ3) is 4.30. The van der Waals surface area contributed by atoms with Gasteiger partial charge in [0, 0.05) is 17.4 Å². The lowest BCUT2D eigenvalue weighted by Crippen LogP contribution is -2.36. The fourth-order valence-corrected chi connectivity index (χ4v) is 1.83. The zero-order valence-electron chi connectivity index (χ0n) is 11.5. The highest BCUT2D eigenvalue weighted by molar-refractivity contribution is 5.29. The van der Waals surface area contributed by atoms with E-state index in [1.165, 1.54) is 0 Å². The molecule has 0 fully saturated rings. The molecule has 0 radical (unpaired) electrons. The number of hydrogen-bond donors (Lipinski definition) is 2. The zero-order chi connectivity index (χ0) is 13.1. The fraction of sp³-hybridized carbons (Fsp3) is 0.692. The minimum absolute atomic E-state index is 0.139. The van der Waals surface area contributed by atoms with Crippen molar-refractivity contribution in [2.45, 2.75) is 47.1 Å². The van der Waals surface area contributed by atoms with Crippen LogP contribution >= 0.6 is 0 Å². The first-order valence-electron chi connectivity index (χ1n) is 6.12. The Bertz CT molecular complexity index is 348. The maximum Gasteiger partial charge on any atom is 0.223 e. The first kappa shape index (κ1) is 13.9. The predicted octanol–water partition coefficient (Wildman–Crippen LogP) is 2.27. The molecule has 0 saturated carbocycles. The number of nitrogens with zero attached hydrogens (tertiary/aromatic N) is 2. The average molecular weight is 236 g/mol. The molecule has 1 heterocycles. The molecule has 0 aromatic carbocycles. The van der Waals surface area contributed by atoms with Crippen LogP contribution in [0.1, 0.15) is 38.6 Å². The molecule has 1 atom stereocenters. The first-order chi connectivity index (χ1) is 7.82. The molecule has 0 aliphatic heterocycles. The van der Waals surface area contributed by atoms with Crippen LogP contribution < -0.4 is 11.1 Å². The lowest BCUT2D eigenvalue weighted by Gasteiger charge is -2.31. The Hall–Kier alpha value is -1.16. The smallest absolute Gasteiger partial charge is 0.223 e. The van der Waals surface area contributed by atoms with Gasteiger partial charge in [0.1, 0.15) is 0 Å². The molecule has 17 heavy (non-hydrogen) atoms. The summed E-state index contributed by atoms with van der Waals surface area (Å²) < 4.78 is 0. The van der Waals surface area contributed by atoms with Crippen molar-refractivity contribution in [1.82, 2.24) is 9.97 Å². The van der Waals surface area contributed by atoms with E-state index in [2.05, 4.69) is 36.1 Å². The minimum atomic E-state index is 0.139. The van der Waals surface area contributed by atoms with E-state index < -0.39 is 0 Å². The topological polar surface area (TPSA) is 63.8 Å². The maximum absolute atomic E-state index is 5.66. The highest BCUT2D eigenvalue weighted by Gasteiger charge is 2.24. The molecule has 96 valence electrons. The van der Waals surface area contributed by atoms with Gasteiger partial charge in [-0.3, -0.25) is 0 Å². The van der Waals surface area contributed by atoms with Crippen LogP contribution in [0.25, 0.3) is 0 Å². The number of rotatable bonds is 4. The summed E-state index contributed by atoms with van der Waals surface area (Å²) >= 11 is 0. The molecule has 4 heteroatoms. The highest BCUT2D eigenvalue weighted by atomic mass is 15.1. The second-order valence-electron chi connectivity index (χ2n) is 5.61. The predicted molar refractivity (Wildman–Crippen MR) is 72.0 cm³/mol. The number of hydrogen-bond acceptors (Lipinski definition) is 4. The summed E-state index contributed by atoms with van der Waals surface area (Å²) in [6.45, 7) is 11.2. The summed E-state index contributed by atoms with van der Waals surface area (Å²) in [4.78, 5) is 8.81. The van der Waals surface area contributed by atoms with Crippen LogP contribution in [0.5, 0.6) is 0 Å². The third-order valence-electron chi connectivity index (χ3n) is 2.79. The maximum atomic E-state index is 5.66. The summed E-state index contributed by atoms with van der Waals surface area (Å²) in [7, 11) is 0. The van der Waals surface area contributed by atoms with Gasteiger partial charge in [0.25, 0.3) is 0 Å². The largest absolute Gasteiger partial charge is 0.351 e. The molecule has 1 aromatic rings. The Morgan fingerprint density at radius 1 is 1.24 bits per heavy atom. The second kappa shape index (κ2) is 5.45. The second-order valence-corrected chi connectivity index (χ2v) is 5.61. The third-order valence-corrected chi connectivity index (χ3v) is 2.79. The minimum Gasteiger partial charge on any atom is -0.351 e. The van der Waals surface area contributed by atoms with Gasteiger partial charge in [-0.2, -0.15) is 0 Å². The Labute approximate surface area is 104 Å². The Kier molecular flexibility index (Phi) is 4.46. The van der Waals surface area contributed by atoms with Gasteiger partial charge in [-0.05, 0) is 38.3 Å². The van der Waals surface area contributed by atoms with E-state index in [0.717, 1.165) is 17.8 Å². The lowest BCUT2D eigenvalue weighted by molar-refractivity contribution is 0.327. The molecule has 0 bridgehead atoms. The van der Waals surface area contributed by atoms with Crippen molar-refractivity contribution < 1.29 is 0 Å². The molecule has 0 spiro atoms.